The first-order valence-electron chi connectivity index (χ1n) is 8.35. The molecular formula is C16H22ClN7. The fraction of sp³-hybridized carbons (Fsp3) is 0.562. The van der Waals surface area contributed by atoms with E-state index in [1.807, 2.05) is 18.7 Å². The van der Waals surface area contributed by atoms with Gasteiger partial charge < -0.3 is 16.0 Å². The predicted molar refractivity (Wildman–Crippen MR) is 94.8 cm³/mol. The van der Waals surface area contributed by atoms with Crippen LogP contribution in [0.25, 0.3) is 0 Å². The molecule has 3 heterocycles. The summed E-state index contributed by atoms with van der Waals surface area (Å²) in [6.07, 6.45) is 5.75. The smallest absolute Gasteiger partial charge is 0.229 e. The van der Waals surface area contributed by atoms with Crippen molar-refractivity contribution in [2.75, 3.05) is 23.7 Å². The number of hydrogen-bond acceptors (Lipinski definition) is 6. The number of aromatic nitrogens is 4. The van der Waals surface area contributed by atoms with E-state index in [1.54, 1.807) is 12.4 Å². The Kier molecular flexibility index (Phi) is 4.05. The van der Waals surface area contributed by atoms with E-state index in [1.165, 1.54) is 12.8 Å². The lowest BCUT2D eigenvalue weighted by molar-refractivity contribution is 0.494. The predicted octanol–water partition coefficient (Wildman–Crippen LogP) is 2.33. The minimum atomic E-state index is 0.433. The maximum absolute atomic E-state index is 6.29. The molecule has 1 aliphatic carbocycles. The van der Waals surface area contributed by atoms with Gasteiger partial charge in [0.05, 0.1) is 23.8 Å². The summed E-state index contributed by atoms with van der Waals surface area (Å²) >= 11 is 6.29. The average Bonchev–Trinajstić information content (AvgIpc) is 3.22. The highest BCUT2D eigenvalue weighted by Gasteiger charge is 2.37. The maximum Gasteiger partial charge on any atom is 0.229 e. The SMILES string of the molecule is Cc1c(Nc2ncc(Cl)c(NC3CC4CNCC4C3)n2)cnn1C. The van der Waals surface area contributed by atoms with E-state index in [-0.39, 0.29) is 0 Å². The molecule has 2 aliphatic rings. The summed E-state index contributed by atoms with van der Waals surface area (Å²) < 4.78 is 1.81. The van der Waals surface area contributed by atoms with Crippen molar-refractivity contribution in [3.05, 3.63) is 23.1 Å². The standard InChI is InChI=1S/C16H22ClN7/c1-9-14(8-20-24(9)2)22-16-19-7-13(17)15(23-16)21-12-3-10-5-18-6-11(10)4-12/h7-8,10-12,18H,3-6H2,1-2H3,(H2,19,21,22,23). The highest BCUT2D eigenvalue weighted by atomic mass is 35.5. The Morgan fingerprint density at radius 1 is 1.25 bits per heavy atom. The Labute approximate surface area is 146 Å². The molecule has 0 spiro atoms. The monoisotopic (exact) mass is 347 g/mol. The van der Waals surface area contributed by atoms with Gasteiger partial charge in [-0.3, -0.25) is 4.68 Å². The molecule has 24 heavy (non-hydrogen) atoms. The zero-order valence-electron chi connectivity index (χ0n) is 13.9. The lowest BCUT2D eigenvalue weighted by Crippen LogP contribution is -2.21. The first-order valence-corrected chi connectivity index (χ1v) is 8.73. The molecule has 2 aromatic rings. The summed E-state index contributed by atoms with van der Waals surface area (Å²) in [6.45, 7) is 4.26. The molecule has 128 valence electrons. The molecule has 0 amide bonds. The third-order valence-corrected chi connectivity index (χ3v) is 5.50. The van der Waals surface area contributed by atoms with Crippen LogP contribution in [0.2, 0.25) is 5.02 Å². The van der Waals surface area contributed by atoms with Crippen LogP contribution in [0.5, 0.6) is 0 Å². The van der Waals surface area contributed by atoms with E-state index in [0.717, 1.165) is 36.3 Å². The molecule has 7 nitrogen and oxygen atoms in total. The van der Waals surface area contributed by atoms with Crippen LogP contribution in [0.3, 0.4) is 0 Å². The van der Waals surface area contributed by atoms with Gasteiger partial charge in [-0.05, 0) is 44.7 Å². The molecule has 0 radical (unpaired) electrons. The van der Waals surface area contributed by atoms with Crippen molar-refractivity contribution >= 4 is 29.1 Å². The Morgan fingerprint density at radius 3 is 2.67 bits per heavy atom. The third-order valence-electron chi connectivity index (χ3n) is 5.22. The molecule has 3 N–H and O–H groups in total. The number of aryl methyl sites for hydroxylation is 1. The second kappa shape index (κ2) is 6.22. The molecule has 1 aliphatic heterocycles. The van der Waals surface area contributed by atoms with E-state index < -0.39 is 0 Å². The quantitative estimate of drug-likeness (QED) is 0.787. The summed E-state index contributed by atoms with van der Waals surface area (Å²) in [7, 11) is 1.90. The third kappa shape index (κ3) is 2.93. The number of rotatable bonds is 4. The summed E-state index contributed by atoms with van der Waals surface area (Å²) in [5, 5.41) is 15.0. The van der Waals surface area contributed by atoms with Crippen LogP contribution in [0.1, 0.15) is 18.5 Å². The van der Waals surface area contributed by atoms with Crippen molar-refractivity contribution in [2.24, 2.45) is 18.9 Å². The molecule has 2 unspecified atom stereocenters. The maximum atomic E-state index is 6.29. The van der Waals surface area contributed by atoms with Crippen LogP contribution in [0, 0.1) is 18.8 Å². The minimum absolute atomic E-state index is 0.433. The number of hydrogen-bond donors (Lipinski definition) is 3. The van der Waals surface area contributed by atoms with Crippen molar-refractivity contribution < 1.29 is 0 Å². The molecule has 4 rings (SSSR count). The molecule has 0 bridgehead atoms. The highest BCUT2D eigenvalue weighted by Crippen LogP contribution is 2.36. The van der Waals surface area contributed by atoms with Gasteiger partial charge in [0.15, 0.2) is 5.82 Å². The normalized spacial score (nSPS) is 25.7. The summed E-state index contributed by atoms with van der Waals surface area (Å²) in [4.78, 5) is 8.83. The zero-order valence-corrected chi connectivity index (χ0v) is 14.6. The first kappa shape index (κ1) is 15.7. The van der Waals surface area contributed by atoms with Crippen molar-refractivity contribution in [3.8, 4) is 0 Å². The van der Waals surface area contributed by atoms with Gasteiger partial charge in [-0.15, -0.1) is 0 Å². The molecule has 0 aromatic carbocycles. The van der Waals surface area contributed by atoms with Gasteiger partial charge in [-0.25, -0.2) is 4.98 Å². The molecule has 8 heteroatoms. The van der Waals surface area contributed by atoms with Crippen molar-refractivity contribution in [3.63, 3.8) is 0 Å². The van der Waals surface area contributed by atoms with Crippen LogP contribution in [-0.4, -0.2) is 38.9 Å². The lowest BCUT2D eigenvalue weighted by atomic mass is 10.0. The van der Waals surface area contributed by atoms with Gasteiger partial charge in [0, 0.05) is 13.1 Å². The Morgan fingerprint density at radius 2 is 2.00 bits per heavy atom. The summed E-state index contributed by atoms with van der Waals surface area (Å²) in [6, 6.07) is 0.433. The zero-order chi connectivity index (χ0) is 16.7. The van der Waals surface area contributed by atoms with Crippen LogP contribution in [-0.2, 0) is 7.05 Å². The molecule has 1 saturated heterocycles. The van der Waals surface area contributed by atoms with Crippen LogP contribution in [0.4, 0.5) is 17.5 Å². The van der Waals surface area contributed by atoms with Crippen molar-refractivity contribution in [2.45, 2.75) is 25.8 Å². The topological polar surface area (TPSA) is 79.7 Å². The first-order chi connectivity index (χ1) is 11.6. The fourth-order valence-electron chi connectivity index (χ4n) is 3.75. The fourth-order valence-corrected chi connectivity index (χ4v) is 3.89. The van der Waals surface area contributed by atoms with Gasteiger partial charge in [0.1, 0.15) is 5.02 Å². The Balaban J connectivity index is 1.48. The van der Waals surface area contributed by atoms with Crippen LogP contribution < -0.4 is 16.0 Å². The second-order valence-electron chi connectivity index (χ2n) is 6.77. The van der Waals surface area contributed by atoms with Gasteiger partial charge >= 0.3 is 0 Å². The molecule has 2 aromatic heterocycles. The molecule has 2 atom stereocenters. The van der Waals surface area contributed by atoms with E-state index in [9.17, 15) is 0 Å². The number of nitrogens with one attached hydrogen (secondary N) is 3. The number of halogens is 1. The van der Waals surface area contributed by atoms with Crippen molar-refractivity contribution in [1.82, 2.24) is 25.1 Å². The average molecular weight is 348 g/mol. The van der Waals surface area contributed by atoms with E-state index in [0.29, 0.717) is 22.8 Å². The van der Waals surface area contributed by atoms with E-state index in [2.05, 4.69) is 31.0 Å². The minimum Gasteiger partial charge on any atom is -0.366 e. The number of fused-ring (bicyclic) bond motifs is 1. The highest BCUT2D eigenvalue weighted by molar-refractivity contribution is 6.32. The Hall–Kier alpha value is -1.86. The summed E-state index contributed by atoms with van der Waals surface area (Å²) in [5.74, 6) is 2.78. The van der Waals surface area contributed by atoms with Gasteiger partial charge in [0.2, 0.25) is 5.95 Å². The van der Waals surface area contributed by atoms with Gasteiger partial charge in [-0.2, -0.15) is 10.1 Å². The molecule has 1 saturated carbocycles. The molecule has 2 fully saturated rings. The Bertz CT molecular complexity index is 732. The van der Waals surface area contributed by atoms with Crippen LogP contribution in [0.15, 0.2) is 12.4 Å². The second-order valence-corrected chi connectivity index (χ2v) is 7.18. The number of anilines is 3. The van der Waals surface area contributed by atoms with E-state index >= 15 is 0 Å². The lowest BCUT2D eigenvalue weighted by Gasteiger charge is -2.16. The largest absolute Gasteiger partial charge is 0.366 e. The van der Waals surface area contributed by atoms with Gasteiger partial charge in [-0.1, -0.05) is 11.6 Å². The summed E-state index contributed by atoms with van der Waals surface area (Å²) in [5.41, 5.74) is 1.92. The van der Waals surface area contributed by atoms with Crippen molar-refractivity contribution in [1.29, 1.82) is 0 Å². The number of nitrogens with zero attached hydrogens (tertiary/aromatic N) is 4. The van der Waals surface area contributed by atoms with Gasteiger partial charge in [0.25, 0.3) is 0 Å². The molecular weight excluding hydrogens is 326 g/mol. The van der Waals surface area contributed by atoms with E-state index in [4.69, 9.17) is 11.6 Å². The van der Waals surface area contributed by atoms with Crippen LogP contribution >= 0.6 is 11.6 Å².